The van der Waals surface area contributed by atoms with Crippen molar-refractivity contribution in [2.45, 2.75) is 32.2 Å². The SMILES string of the molecule is Cc1ccc(-c2ncc(C(=O)N3CCCC[C@@H]3c3nccs3)c(=O)[nH]2)cc1. The maximum atomic E-state index is 13.1. The van der Waals surface area contributed by atoms with Crippen LogP contribution >= 0.6 is 11.3 Å². The van der Waals surface area contributed by atoms with Crippen LogP contribution in [0.2, 0.25) is 0 Å². The van der Waals surface area contributed by atoms with Crippen molar-refractivity contribution in [2.75, 3.05) is 6.54 Å². The molecule has 1 fully saturated rings. The van der Waals surface area contributed by atoms with E-state index < -0.39 is 5.56 Å². The minimum absolute atomic E-state index is 0.0672. The largest absolute Gasteiger partial charge is 0.329 e. The number of carbonyl (C=O) groups excluding carboxylic acids is 1. The molecule has 3 heterocycles. The number of aromatic amines is 1. The summed E-state index contributed by atoms with van der Waals surface area (Å²) in [5.74, 6) is 0.186. The number of hydrogen-bond donors (Lipinski definition) is 1. The molecule has 7 heteroatoms. The van der Waals surface area contributed by atoms with E-state index in [9.17, 15) is 9.59 Å². The van der Waals surface area contributed by atoms with Crippen LogP contribution < -0.4 is 5.56 Å². The van der Waals surface area contributed by atoms with Crippen LogP contribution in [0.15, 0.2) is 46.8 Å². The number of benzene rings is 1. The fourth-order valence-electron chi connectivity index (χ4n) is 3.39. The number of carbonyl (C=O) groups is 1. The summed E-state index contributed by atoms with van der Waals surface area (Å²) in [6.45, 7) is 2.63. The van der Waals surface area contributed by atoms with Crippen molar-refractivity contribution in [2.24, 2.45) is 0 Å². The lowest BCUT2D eigenvalue weighted by molar-refractivity contribution is 0.0609. The third-order valence-electron chi connectivity index (χ3n) is 4.85. The fraction of sp³-hybridized carbons (Fsp3) is 0.300. The first-order valence-corrected chi connectivity index (χ1v) is 9.88. The molecule has 1 N–H and O–H groups in total. The highest BCUT2D eigenvalue weighted by Crippen LogP contribution is 2.32. The van der Waals surface area contributed by atoms with Crippen LogP contribution in [0.4, 0.5) is 0 Å². The zero-order valence-corrected chi connectivity index (χ0v) is 15.8. The van der Waals surface area contributed by atoms with E-state index in [1.165, 1.54) is 6.20 Å². The van der Waals surface area contributed by atoms with Crippen LogP contribution in [0, 0.1) is 6.92 Å². The van der Waals surface area contributed by atoms with Crippen LogP contribution in [-0.4, -0.2) is 32.3 Å². The second kappa shape index (κ2) is 7.44. The molecule has 138 valence electrons. The van der Waals surface area contributed by atoms with Crippen LogP contribution in [-0.2, 0) is 0 Å². The molecule has 0 saturated carbocycles. The number of nitrogens with one attached hydrogen (secondary N) is 1. The van der Waals surface area contributed by atoms with Gasteiger partial charge in [0.15, 0.2) is 0 Å². The normalized spacial score (nSPS) is 17.1. The Morgan fingerprint density at radius 3 is 2.74 bits per heavy atom. The minimum Gasteiger partial charge on any atom is -0.329 e. The number of nitrogens with zero attached hydrogens (tertiary/aromatic N) is 3. The molecule has 0 spiro atoms. The summed E-state index contributed by atoms with van der Waals surface area (Å²) in [5.41, 5.74) is 1.62. The molecule has 6 nitrogen and oxygen atoms in total. The molecular formula is C20H20N4O2S. The number of aromatic nitrogens is 3. The van der Waals surface area contributed by atoms with Gasteiger partial charge in [0.1, 0.15) is 16.4 Å². The Kier molecular flexibility index (Phi) is 4.85. The second-order valence-electron chi connectivity index (χ2n) is 6.72. The number of amides is 1. The Morgan fingerprint density at radius 2 is 2.04 bits per heavy atom. The van der Waals surface area contributed by atoms with Gasteiger partial charge in [-0.3, -0.25) is 9.59 Å². The summed E-state index contributed by atoms with van der Waals surface area (Å²) >= 11 is 1.54. The Bertz CT molecular complexity index is 996. The maximum absolute atomic E-state index is 13.1. The topological polar surface area (TPSA) is 79.0 Å². The molecule has 27 heavy (non-hydrogen) atoms. The van der Waals surface area contributed by atoms with Crippen molar-refractivity contribution in [3.8, 4) is 11.4 Å². The van der Waals surface area contributed by atoms with Crippen molar-refractivity contribution in [3.63, 3.8) is 0 Å². The van der Waals surface area contributed by atoms with E-state index >= 15 is 0 Å². The molecule has 0 radical (unpaired) electrons. The fourth-order valence-corrected chi connectivity index (χ4v) is 4.18. The van der Waals surface area contributed by atoms with Gasteiger partial charge in [-0.15, -0.1) is 11.3 Å². The number of likely N-dealkylation sites (tertiary alicyclic amines) is 1. The second-order valence-corrected chi connectivity index (χ2v) is 7.65. The van der Waals surface area contributed by atoms with Gasteiger partial charge in [-0.05, 0) is 26.2 Å². The van der Waals surface area contributed by atoms with Gasteiger partial charge >= 0.3 is 0 Å². The monoisotopic (exact) mass is 380 g/mol. The lowest BCUT2D eigenvalue weighted by atomic mass is 10.0. The highest BCUT2D eigenvalue weighted by Gasteiger charge is 2.31. The molecule has 1 saturated heterocycles. The highest BCUT2D eigenvalue weighted by atomic mass is 32.1. The van der Waals surface area contributed by atoms with Crippen molar-refractivity contribution in [3.05, 3.63) is 68.5 Å². The summed E-state index contributed by atoms with van der Waals surface area (Å²) in [5, 5.41) is 2.83. The molecule has 2 aromatic heterocycles. The molecule has 1 aliphatic rings. The van der Waals surface area contributed by atoms with Gasteiger partial charge in [-0.25, -0.2) is 9.97 Å². The first-order chi connectivity index (χ1) is 13.1. The number of H-pyrrole nitrogens is 1. The summed E-state index contributed by atoms with van der Waals surface area (Å²) in [4.78, 5) is 38.9. The third kappa shape index (κ3) is 3.55. The summed E-state index contributed by atoms with van der Waals surface area (Å²) in [6, 6.07) is 7.65. The van der Waals surface area contributed by atoms with Gasteiger partial charge in [0.05, 0.1) is 6.04 Å². The van der Waals surface area contributed by atoms with Crippen LogP contribution in [0.5, 0.6) is 0 Å². The minimum atomic E-state index is -0.408. The van der Waals surface area contributed by atoms with E-state index in [-0.39, 0.29) is 17.5 Å². The van der Waals surface area contributed by atoms with Crippen molar-refractivity contribution in [1.29, 1.82) is 0 Å². The zero-order valence-electron chi connectivity index (χ0n) is 15.0. The number of rotatable bonds is 3. The van der Waals surface area contributed by atoms with Crippen LogP contribution in [0.1, 0.15) is 46.2 Å². The molecule has 1 amide bonds. The van der Waals surface area contributed by atoms with Gasteiger partial charge in [0.2, 0.25) is 0 Å². The van der Waals surface area contributed by atoms with E-state index in [0.29, 0.717) is 12.4 Å². The molecule has 0 unspecified atom stereocenters. The first kappa shape index (κ1) is 17.6. The van der Waals surface area contributed by atoms with Gasteiger partial charge in [-0.1, -0.05) is 29.8 Å². The Hall–Kier alpha value is -2.80. The summed E-state index contributed by atoms with van der Waals surface area (Å²) < 4.78 is 0. The van der Waals surface area contributed by atoms with E-state index in [4.69, 9.17) is 0 Å². The number of thiazole rings is 1. The van der Waals surface area contributed by atoms with E-state index in [2.05, 4.69) is 15.0 Å². The molecule has 1 atom stereocenters. The summed E-state index contributed by atoms with van der Waals surface area (Å²) in [7, 11) is 0. The van der Waals surface area contributed by atoms with E-state index in [0.717, 1.165) is 35.4 Å². The van der Waals surface area contributed by atoms with Gasteiger partial charge < -0.3 is 9.88 Å². The Morgan fingerprint density at radius 1 is 1.22 bits per heavy atom. The molecule has 1 aliphatic heterocycles. The Balaban J connectivity index is 1.63. The predicted octanol–water partition coefficient (Wildman–Crippen LogP) is 3.57. The molecule has 3 aromatic rings. The van der Waals surface area contributed by atoms with Crippen molar-refractivity contribution in [1.82, 2.24) is 19.9 Å². The number of piperidine rings is 1. The predicted molar refractivity (Wildman–Crippen MR) is 105 cm³/mol. The molecule has 4 rings (SSSR count). The van der Waals surface area contributed by atoms with Gasteiger partial charge in [0.25, 0.3) is 11.5 Å². The number of aryl methyl sites for hydroxylation is 1. The smallest absolute Gasteiger partial charge is 0.264 e. The van der Waals surface area contributed by atoms with Gasteiger partial charge in [0, 0.05) is 29.9 Å². The quantitative estimate of drug-likeness (QED) is 0.753. The Labute approximate surface area is 160 Å². The molecule has 0 aliphatic carbocycles. The van der Waals surface area contributed by atoms with Crippen molar-refractivity contribution < 1.29 is 4.79 Å². The lowest BCUT2D eigenvalue weighted by Crippen LogP contribution is -2.40. The van der Waals surface area contributed by atoms with Gasteiger partial charge in [-0.2, -0.15) is 0 Å². The van der Waals surface area contributed by atoms with Crippen LogP contribution in [0.25, 0.3) is 11.4 Å². The molecule has 1 aromatic carbocycles. The molecule has 0 bridgehead atoms. The standard InChI is InChI=1S/C20H20N4O2S/c1-13-5-7-14(8-6-13)17-22-12-15(18(25)23-17)20(26)24-10-3-2-4-16(24)19-21-9-11-27-19/h5-9,11-12,16H,2-4,10H2,1H3,(H,22,23,25)/t16-/m1/s1. The van der Waals surface area contributed by atoms with E-state index in [1.54, 1.807) is 22.4 Å². The number of hydrogen-bond acceptors (Lipinski definition) is 5. The average molecular weight is 380 g/mol. The van der Waals surface area contributed by atoms with Crippen LogP contribution in [0.3, 0.4) is 0 Å². The third-order valence-corrected chi connectivity index (χ3v) is 5.73. The average Bonchev–Trinajstić information content (AvgIpc) is 3.23. The highest BCUT2D eigenvalue weighted by molar-refractivity contribution is 7.09. The first-order valence-electron chi connectivity index (χ1n) is 9.00. The lowest BCUT2D eigenvalue weighted by Gasteiger charge is -2.34. The zero-order chi connectivity index (χ0) is 18.8. The van der Waals surface area contributed by atoms with Crippen molar-refractivity contribution >= 4 is 17.2 Å². The van der Waals surface area contributed by atoms with E-state index in [1.807, 2.05) is 36.6 Å². The molecular weight excluding hydrogens is 360 g/mol. The maximum Gasteiger partial charge on any atom is 0.264 e. The summed E-state index contributed by atoms with van der Waals surface area (Å²) in [6.07, 6.45) is 5.99.